The van der Waals surface area contributed by atoms with Gasteiger partial charge in [0.1, 0.15) is 11.3 Å². The second-order valence-electron chi connectivity index (χ2n) is 6.19. The van der Waals surface area contributed by atoms with Gasteiger partial charge in [0.25, 0.3) is 0 Å². The van der Waals surface area contributed by atoms with E-state index in [0.29, 0.717) is 6.54 Å². The maximum Gasteiger partial charge on any atom is 0.315 e. The molecule has 0 aliphatic heterocycles. The van der Waals surface area contributed by atoms with Crippen LogP contribution in [0.3, 0.4) is 0 Å². The predicted molar refractivity (Wildman–Crippen MR) is 86.7 cm³/mol. The molecule has 2 aromatic rings. The molecule has 2 amide bonds. The lowest BCUT2D eigenvalue weighted by atomic mass is 9.93. The quantitative estimate of drug-likeness (QED) is 0.795. The van der Waals surface area contributed by atoms with Gasteiger partial charge in [-0.15, -0.1) is 0 Å². The Bertz CT molecular complexity index is 659. The van der Waals surface area contributed by atoms with Crippen LogP contribution in [0.4, 0.5) is 4.79 Å². The number of furan rings is 1. The number of hydrogen-bond acceptors (Lipinski definition) is 3. The van der Waals surface area contributed by atoms with Gasteiger partial charge in [0.15, 0.2) is 0 Å². The van der Waals surface area contributed by atoms with Crippen LogP contribution in [0.15, 0.2) is 28.7 Å². The molecule has 0 spiro atoms. The molecule has 0 radical (unpaired) electrons. The maximum atomic E-state index is 11.8. The Morgan fingerprint density at radius 2 is 2.00 bits per heavy atom. The Balaban J connectivity index is 1.92. The number of benzene rings is 1. The van der Waals surface area contributed by atoms with Crippen LogP contribution >= 0.6 is 0 Å². The normalized spacial score (nSPS) is 14.1. The summed E-state index contributed by atoms with van der Waals surface area (Å²) in [5.74, 6) is 0.803. The highest BCUT2D eigenvalue weighted by atomic mass is 16.3. The van der Waals surface area contributed by atoms with Crippen LogP contribution in [0.2, 0.25) is 0 Å². The number of urea groups is 1. The molecule has 5 nitrogen and oxygen atoms in total. The van der Waals surface area contributed by atoms with E-state index in [0.717, 1.165) is 22.3 Å². The summed E-state index contributed by atoms with van der Waals surface area (Å²) in [6.45, 7) is 8.03. The number of amides is 2. The summed E-state index contributed by atoms with van der Waals surface area (Å²) < 4.78 is 5.74. The smallest absolute Gasteiger partial charge is 0.315 e. The molecule has 1 atom stereocenters. The van der Waals surface area contributed by atoms with Crippen LogP contribution in [-0.4, -0.2) is 23.3 Å². The highest BCUT2D eigenvalue weighted by Crippen LogP contribution is 2.24. The van der Waals surface area contributed by atoms with Gasteiger partial charge in [-0.05, 0) is 25.8 Å². The Labute approximate surface area is 130 Å². The van der Waals surface area contributed by atoms with E-state index in [4.69, 9.17) is 4.42 Å². The zero-order valence-corrected chi connectivity index (χ0v) is 13.6. The van der Waals surface area contributed by atoms with E-state index in [1.165, 1.54) is 0 Å². The van der Waals surface area contributed by atoms with Crippen molar-refractivity contribution in [2.45, 2.75) is 39.8 Å². The zero-order valence-electron chi connectivity index (χ0n) is 13.6. The Morgan fingerprint density at radius 3 is 2.64 bits per heavy atom. The first kappa shape index (κ1) is 16.4. The third-order valence-corrected chi connectivity index (χ3v) is 4.20. The second kappa shape index (κ2) is 6.40. The van der Waals surface area contributed by atoms with Crippen molar-refractivity contribution in [3.05, 3.63) is 35.6 Å². The Hall–Kier alpha value is -2.01. The van der Waals surface area contributed by atoms with Gasteiger partial charge < -0.3 is 20.2 Å². The summed E-state index contributed by atoms with van der Waals surface area (Å²) in [4.78, 5) is 11.8. The summed E-state index contributed by atoms with van der Waals surface area (Å²) in [6.07, 6.45) is 0. The van der Waals surface area contributed by atoms with Crippen molar-refractivity contribution < 1.29 is 14.3 Å². The van der Waals surface area contributed by atoms with Crippen LogP contribution < -0.4 is 10.6 Å². The van der Waals surface area contributed by atoms with Crippen molar-refractivity contribution in [1.29, 1.82) is 0 Å². The largest absolute Gasteiger partial charge is 0.459 e. The Morgan fingerprint density at radius 1 is 1.32 bits per heavy atom. The Kier molecular flexibility index (Phi) is 4.76. The molecule has 0 saturated carbocycles. The number of rotatable bonds is 5. The molecule has 0 aliphatic rings. The topological polar surface area (TPSA) is 74.5 Å². The number of hydrogen-bond donors (Lipinski definition) is 3. The molecule has 3 N–H and O–H groups in total. The zero-order chi connectivity index (χ0) is 16.3. The third-order valence-electron chi connectivity index (χ3n) is 4.20. The predicted octanol–water partition coefficient (Wildman–Crippen LogP) is 2.95. The average molecular weight is 304 g/mol. The summed E-state index contributed by atoms with van der Waals surface area (Å²) in [5.41, 5.74) is 0.928. The van der Waals surface area contributed by atoms with Crippen molar-refractivity contribution >= 4 is 17.0 Å². The van der Waals surface area contributed by atoms with Crippen LogP contribution in [0, 0.1) is 12.8 Å². The molecule has 0 aliphatic carbocycles. The van der Waals surface area contributed by atoms with Gasteiger partial charge in [-0.25, -0.2) is 4.79 Å². The molecule has 1 unspecified atom stereocenters. The summed E-state index contributed by atoms with van der Waals surface area (Å²) >= 11 is 0. The third kappa shape index (κ3) is 3.60. The number of para-hydroxylation sites is 1. The van der Waals surface area contributed by atoms with E-state index in [1.54, 1.807) is 6.92 Å². The van der Waals surface area contributed by atoms with Crippen LogP contribution in [0.1, 0.15) is 32.1 Å². The van der Waals surface area contributed by atoms with Crippen molar-refractivity contribution in [3.8, 4) is 0 Å². The van der Waals surface area contributed by atoms with E-state index in [9.17, 15) is 9.90 Å². The number of aryl methyl sites for hydroxylation is 1. The van der Waals surface area contributed by atoms with Gasteiger partial charge in [0.05, 0.1) is 12.1 Å². The van der Waals surface area contributed by atoms with Crippen molar-refractivity contribution in [1.82, 2.24) is 10.6 Å². The molecule has 0 fully saturated rings. The van der Waals surface area contributed by atoms with E-state index in [2.05, 4.69) is 10.6 Å². The SMILES string of the molecule is Cc1c(CNC(=O)NCC(C)(O)C(C)C)oc2ccccc12. The molecular formula is C17H24N2O3. The molecule has 22 heavy (non-hydrogen) atoms. The summed E-state index contributed by atoms with van der Waals surface area (Å²) in [7, 11) is 0. The second-order valence-corrected chi connectivity index (χ2v) is 6.19. The number of nitrogens with one attached hydrogen (secondary N) is 2. The number of aliphatic hydroxyl groups is 1. The molecular weight excluding hydrogens is 280 g/mol. The van der Waals surface area contributed by atoms with Gasteiger partial charge in [-0.1, -0.05) is 32.0 Å². The van der Waals surface area contributed by atoms with Crippen LogP contribution in [0.25, 0.3) is 11.0 Å². The number of carbonyl (C=O) groups excluding carboxylic acids is 1. The molecule has 5 heteroatoms. The molecule has 1 heterocycles. The van der Waals surface area contributed by atoms with Gasteiger partial charge >= 0.3 is 6.03 Å². The van der Waals surface area contributed by atoms with E-state index < -0.39 is 5.60 Å². The summed E-state index contributed by atoms with van der Waals surface area (Å²) in [6, 6.07) is 7.47. The fourth-order valence-electron chi connectivity index (χ4n) is 2.08. The van der Waals surface area contributed by atoms with Crippen molar-refractivity contribution in [3.63, 3.8) is 0 Å². The van der Waals surface area contributed by atoms with E-state index in [1.807, 2.05) is 45.0 Å². The fraction of sp³-hybridized carbons (Fsp3) is 0.471. The first-order valence-electron chi connectivity index (χ1n) is 7.52. The number of carbonyl (C=O) groups is 1. The molecule has 1 aromatic carbocycles. The number of fused-ring (bicyclic) bond motifs is 1. The highest BCUT2D eigenvalue weighted by molar-refractivity contribution is 5.82. The first-order chi connectivity index (χ1) is 10.3. The summed E-state index contributed by atoms with van der Waals surface area (Å²) in [5, 5.41) is 16.6. The molecule has 120 valence electrons. The van der Waals surface area contributed by atoms with Gasteiger partial charge in [-0.3, -0.25) is 0 Å². The molecule has 1 aromatic heterocycles. The van der Waals surface area contributed by atoms with Gasteiger partial charge in [0.2, 0.25) is 0 Å². The highest BCUT2D eigenvalue weighted by Gasteiger charge is 2.25. The lowest BCUT2D eigenvalue weighted by molar-refractivity contribution is 0.0166. The van der Waals surface area contributed by atoms with Crippen LogP contribution in [-0.2, 0) is 6.54 Å². The monoisotopic (exact) mass is 304 g/mol. The maximum absolute atomic E-state index is 11.8. The molecule has 0 bridgehead atoms. The molecule has 0 saturated heterocycles. The van der Waals surface area contributed by atoms with Crippen molar-refractivity contribution in [2.24, 2.45) is 5.92 Å². The van der Waals surface area contributed by atoms with Crippen LogP contribution in [0.5, 0.6) is 0 Å². The van der Waals surface area contributed by atoms with Gasteiger partial charge in [0, 0.05) is 17.5 Å². The van der Waals surface area contributed by atoms with E-state index >= 15 is 0 Å². The standard InChI is InChI=1S/C17H24N2O3/c1-11(2)17(4,21)10-19-16(20)18-9-15-12(3)13-7-5-6-8-14(13)22-15/h5-8,11,21H,9-10H2,1-4H3,(H2,18,19,20). The van der Waals surface area contributed by atoms with Crippen molar-refractivity contribution in [2.75, 3.05) is 6.54 Å². The minimum absolute atomic E-state index is 0.0606. The average Bonchev–Trinajstić information content (AvgIpc) is 2.80. The lowest BCUT2D eigenvalue weighted by Crippen LogP contribution is -2.47. The van der Waals surface area contributed by atoms with E-state index in [-0.39, 0.29) is 18.5 Å². The minimum Gasteiger partial charge on any atom is -0.459 e. The lowest BCUT2D eigenvalue weighted by Gasteiger charge is -2.27. The first-order valence-corrected chi connectivity index (χ1v) is 7.52. The fourth-order valence-corrected chi connectivity index (χ4v) is 2.08. The minimum atomic E-state index is -0.924. The molecule has 2 rings (SSSR count). The van der Waals surface area contributed by atoms with Gasteiger partial charge in [-0.2, -0.15) is 0 Å².